The molecule has 0 aliphatic carbocycles. The molecule has 1 aliphatic heterocycles. The van der Waals surface area contributed by atoms with E-state index in [9.17, 15) is 19.8 Å². The number of hydrogen-bond acceptors (Lipinski definition) is 11. The number of benzene rings is 1. The van der Waals surface area contributed by atoms with Crippen molar-refractivity contribution in [3.63, 3.8) is 0 Å². The minimum absolute atomic E-state index is 0.0582. The second kappa shape index (κ2) is 10.7. The van der Waals surface area contributed by atoms with Crippen molar-refractivity contribution >= 4 is 28.2 Å². The molecule has 3 aromatic rings. The Morgan fingerprint density at radius 3 is 2.74 bits per heavy atom. The first-order chi connectivity index (χ1) is 16.4. The summed E-state index contributed by atoms with van der Waals surface area (Å²) in [6.07, 6.45) is -1.30. The molecule has 1 fully saturated rings. The summed E-state index contributed by atoms with van der Waals surface area (Å²) < 4.78 is 12.3. The molecule has 1 aliphatic rings. The van der Waals surface area contributed by atoms with Gasteiger partial charge in [0.15, 0.2) is 18.0 Å². The number of ether oxygens (including phenoxy) is 2. The standard InChI is InChI=1S/C21H24N6O6S/c22-15-5-7-27(21(31)25-15)19-18(30)17(29)14(33-19)10-23-9-12-1-3-13(4-2-12)32-11-16(28)26-20-24-6-8-34-20/h1-8,14,17-19,23,29-30H,9-11H2,(H2,22,25,31)(H,24,26,28)/t14-,17-,18-,19-/m1/s1. The van der Waals surface area contributed by atoms with E-state index < -0.39 is 30.2 Å². The number of hydrogen-bond donors (Lipinski definition) is 5. The van der Waals surface area contributed by atoms with Gasteiger partial charge in [-0.1, -0.05) is 12.1 Å². The first-order valence-corrected chi connectivity index (χ1v) is 11.3. The zero-order valence-electron chi connectivity index (χ0n) is 17.9. The van der Waals surface area contributed by atoms with Crippen LogP contribution < -0.4 is 26.8 Å². The monoisotopic (exact) mass is 488 g/mol. The number of amides is 1. The van der Waals surface area contributed by atoms with E-state index in [1.54, 1.807) is 23.7 Å². The summed E-state index contributed by atoms with van der Waals surface area (Å²) in [5.41, 5.74) is 5.75. The van der Waals surface area contributed by atoms with Crippen LogP contribution in [0.4, 0.5) is 10.9 Å². The Bertz CT molecular complexity index is 1160. The van der Waals surface area contributed by atoms with E-state index in [1.165, 1.54) is 23.6 Å². The smallest absolute Gasteiger partial charge is 0.351 e. The van der Waals surface area contributed by atoms with Gasteiger partial charge in [-0.15, -0.1) is 11.3 Å². The fraction of sp³-hybridized carbons (Fsp3) is 0.333. The average molecular weight is 489 g/mol. The first kappa shape index (κ1) is 23.8. The fourth-order valence-electron chi connectivity index (χ4n) is 3.40. The number of aliphatic hydroxyl groups excluding tert-OH is 2. The molecule has 3 heterocycles. The fourth-order valence-corrected chi connectivity index (χ4v) is 3.94. The van der Waals surface area contributed by atoms with Crippen LogP contribution in [0.15, 0.2) is 52.9 Å². The van der Waals surface area contributed by atoms with Crippen molar-refractivity contribution in [3.05, 3.63) is 64.2 Å². The summed E-state index contributed by atoms with van der Waals surface area (Å²) >= 11 is 1.33. The number of thiazole rings is 1. The Labute approximate surface area is 198 Å². The summed E-state index contributed by atoms with van der Waals surface area (Å²) in [4.78, 5) is 31.5. The number of aromatic nitrogens is 3. The molecule has 0 unspecified atom stereocenters. The summed E-state index contributed by atoms with van der Waals surface area (Å²) in [6.45, 7) is 0.562. The lowest BCUT2D eigenvalue weighted by Crippen LogP contribution is -2.38. The van der Waals surface area contributed by atoms with Crippen LogP contribution in [0, 0.1) is 0 Å². The maximum Gasteiger partial charge on any atom is 0.351 e. The second-order valence-corrected chi connectivity index (χ2v) is 8.43. The molecule has 12 nitrogen and oxygen atoms in total. The quantitative estimate of drug-likeness (QED) is 0.269. The van der Waals surface area contributed by atoms with Crippen LogP contribution >= 0.6 is 11.3 Å². The number of nitrogens with zero attached hydrogens (tertiary/aromatic N) is 3. The summed E-state index contributed by atoms with van der Waals surface area (Å²) in [5, 5.41) is 28.7. The Morgan fingerprint density at radius 2 is 2.03 bits per heavy atom. The number of aliphatic hydroxyl groups is 2. The minimum Gasteiger partial charge on any atom is -0.484 e. The van der Waals surface area contributed by atoms with E-state index in [0.717, 1.165) is 10.1 Å². The van der Waals surface area contributed by atoms with Gasteiger partial charge in [-0.05, 0) is 23.8 Å². The van der Waals surface area contributed by atoms with Gasteiger partial charge in [0.05, 0.1) is 0 Å². The van der Waals surface area contributed by atoms with Gasteiger partial charge in [0.2, 0.25) is 0 Å². The maximum atomic E-state index is 12.0. The number of nitrogens with two attached hydrogens (primary N) is 1. The van der Waals surface area contributed by atoms with Crippen molar-refractivity contribution < 1.29 is 24.5 Å². The molecule has 34 heavy (non-hydrogen) atoms. The zero-order chi connectivity index (χ0) is 24.1. The van der Waals surface area contributed by atoms with Crippen molar-refractivity contribution in [1.29, 1.82) is 0 Å². The molecule has 1 aromatic carbocycles. The molecular formula is C21H24N6O6S. The van der Waals surface area contributed by atoms with Gasteiger partial charge >= 0.3 is 5.69 Å². The Balaban J connectivity index is 1.23. The second-order valence-electron chi connectivity index (χ2n) is 7.54. The Hall–Kier alpha value is -3.36. The highest BCUT2D eigenvalue weighted by Crippen LogP contribution is 2.28. The van der Waals surface area contributed by atoms with Crippen LogP contribution in [0.2, 0.25) is 0 Å². The molecule has 0 spiro atoms. The summed E-state index contributed by atoms with van der Waals surface area (Å²) in [7, 11) is 0. The van der Waals surface area contributed by atoms with E-state index in [2.05, 4.69) is 20.6 Å². The lowest BCUT2D eigenvalue weighted by Gasteiger charge is -2.17. The summed E-state index contributed by atoms with van der Waals surface area (Å²) in [6, 6.07) is 8.58. The van der Waals surface area contributed by atoms with Crippen molar-refractivity contribution in [2.75, 3.05) is 24.2 Å². The number of rotatable bonds is 9. The van der Waals surface area contributed by atoms with Gasteiger partial charge in [-0.2, -0.15) is 4.98 Å². The molecular weight excluding hydrogens is 464 g/mol. The zero-order valence-corrected chi connectivity index (χ0v) is 18.7. The average Bonchev–Trinajstić information content (AvgIpc) is 3.42. The molecule has 0 bridgehead atoms. The SMILES string of the molecule is Nc1ccn([C@@H]2O[C@H](CNCc3ccc(OCC(=O)Nc4nccs4)cc3)[C@@H](O)[C@H]2O)c(=O)n1. The predicted octanol–water partition coefficient (Wildman–Crippen LogP) is -0.292. The largest absolute Gasteiger partial charge is 0.484 e. The highest BCUT2D eigenvalue weighted by molar-refractivity contribution is 7.13. The number of nitrogens with one attached hydrogen (secondary N) is 2. The van der Waals surface area contributed by atoms with Gasteiger partial charge in [-0.25, -0.2) is 9.78 Å². The van der Waals surface area contributed by atoms with Crippen LogP contribution in [0.3, 0.4) is 0 Å². The molecule has 4 atom stereocenters. The van der Waals surface area contributed by atoms with Gasteiger partial charge < -0.3 is 30.7 Å². The number of nitrogen functional groups attached to an aromatic ring is 1. The minimum atomic E-state index is -1.29. The van der Waals surface area contributed by atoms with Gasteiger partial charge in [0, 0.05) is 30.9 Å². The molecule has 1 saturated heterocycles. The topological polar surface area (TPSA) is 174 Å². The third-order valence-corrected chi connectivity index (χ3v) is 5.80. The normalized spacial score (nSPS) is 21.9. The van der Waals surface area contributed by atoms with Crippen molar-refractivity contribution in [2.45, 2.75) is 31.1 Å². The van der Waals surface area contributed by atoms with E-state index in [4.69, 9.17) is 15.2 Å². The molecule has 4 rings (SSSR count). The van der Waals surface area contributed by atoms with Crippen LogP contribution in [0.25, 0.3) is 0 Å². The molecule has 0 radical (unpaired) electrons. The highest BCUT2D eigenvalue weighted by Gasteiger charge is 2.43. The van der Waals surface area contributed by atoms with Crippen molar-refractivity contribution in [2.24, 2.45) is 0 Å². The molecule has 2 aromatic heterocycles. The highest BCUT2D eigenvalue weighted by atomic mass is 32.1. The first-order valence-electron chi connectivity index (χ1n) is 10.4. The number of anilines is 2. The van der Waals surface area contributed by atoms with E-state index in [1.807, 2.05) is 12.1 Å². The molecule has 0 saturated carbocycles. The summed E-state index contributed by atoms with van der Waals surface area (Å²) in [5.74, 6) is 0.303. The molecule has 13 heteroatoms. The Kier molecular flexibility index (Phi) is 7.49. The van der Waals surface area contributed by atoms with Gasteiger partial charge in [0.1, 0.15) is 29.9 Å². The predicted molar refractivity (Wildman–Crippen MR) is 123 cm³/mol. The van der Waals surface area contributed by atoms with E-state index in [0.29, 0.717) is 17.4 Å². The van der Waals surface area contributed by atoms with Crippen LogP contribution in [-0.2, 0) is 16.1 Å². The number of carbonyl (C=O) groups excluding carboxylic acids is 1. The lowest BCUT2D eigenvalue weighted by atomic mass is 10.1. The molecule has 180 valence electrons. The van der Waals surface area contributed by atoms with E-state index >= 15 is 0 Å². The van der Waals surface area contributed by atoms with Crippen molar-refractivity contribution in [1.82, 2.24) is 19.9 Å². The third-order valence-electron chi connectivity index (χ3n) is 5.11. The Morgan fingerprint density at radius 1 is 1.24 bits per heavy atom. The maximum absolute atomic E-state index is 12.0. The number of carbonyl (C=O) groups is 1. The molecule has 1 amide bonds. The van der Waals surface area contributed by atoms with Gasteiger partial charge in [-0.3, -0.25) is 14.7 Å². The van der Waals surface area contributed by atoms with Gasteiger partial charge in [0.25, 0.3) is 5.91 Å². The van der Waals surface area contributed by atoms with Crippen LogP contribution in [0.1, 0.15) is 11.8 Å². The molecule has 6 N–H and O–H groups in total. The van der Waals surface area contributed by atoms with Crippen LogP contribution in [-0.4, -0.2) is 62.1 Å². The van der Waals surface area contributed by atoms with Crippen LogP contribution in [0.5, 0.6) is 5.75 Å². The lowest BCUT2D eigenvalue weighted by molar-refractivity contribution is -0.118. The third kappa shape index (κ3) is 5.76. The van der Waals surface area contributed by atoms with Crippen molar-refractivity contribution in [3.8, 4) is 5.75 Å². The van der Waals surface area contributed by atoms with E-state index in [-0.39, 0.29) is 24.9 Å².